The van der Waals surface area contributed by atoms with Crippen LogP contribution in [0.15, 0.2) is 34.7 Å². The predicted octanol–water partition coefficient (Wildman–Crippen LogP) is 3.96. The summed E-state index contributed by atoms with van der Waals surface area (Å²) in [5.74, 6) is 0.704. The third-order valence-corrected chi connectivity index (χ3v) is 5.22. The Balaban J connectivity index is 1.41. The molecule has 1 aliphatic heterocycles. The molecule has 4 rings (SSSR count). The summed E-state index contributed by atoms with van der Waals surface area (Å²) >= 11 is 0. The van der Waals surface area contributed by atoms with Gasteiger partial charge in [0.25, 0.3) is 5.91 Å². The molecule has 7 nitrogen and oxygen atoms in total. The predicted molar refractivity (Wildman–Crippen MR) is 107 cm³/mol. The van der Waals surface area contributed by atoms with Crippen LogP contribution in [-0.2, 0) is 6.18 Å². The van der Waals surface area contributed by atoms with Gasteiger partial charge in [0, 0.05) is 30.6 Å². The van der Waals surface area contributed by atoms with Crippen molar-refractivity contribution >= 4 is 22.7 Å². The number of anilines is 1. The van der Waals surface area contributed by atoms with E-state index in [1.807, 2.05) is 12.1 Å². The van der Waals surface area contributed by atoms with E-state index in [4.69, 9.17) is 9.15 Å². The number of fused-ring (bicyclic) bond motifs is 1. The Bertz CT molecular complexity index is 1100. The molecule has 0 atom stereocenters. The van der Waals surface area contributed by atoms with E-state index in [-0.39, 0.29) is 29.4 Å². The summed E-state index contributed by atoms with van der Waals surface area (Å²) in [4.78, 5) is 22.0. The van der Waals surface area contributed by atoms with Crippen molar-refractivity contribution in [2.24, 2.45) is 0 Å². The van der Waals surface area contributed by atoms with E-state index in [9.17, 15) is 18.0 Å². The number of aryl methyl sites for hydroxylation is 1. The molecule has 10 heteroatoms. The summed E-state index contributed by atoms with van der Waals surface area (Å²) in [5.41, 5.74) is -0.449. The first kappa shape index (κ1) is 21.0. The van der Waals surface area contributed by atoms with Crippen LogP contribution in [0, 0.1) is 6.92 Å². The van der Waals surface area contributed by atoms with Gasteiger partial charge in [0.1, 0.15) is 17.3 Å². The summed E-state index contributed by atoms with van der Waals surface area (Å²) < 4.78 is 50.0. The fourth-order valence-electron chi connectivity index (χ4n) is 3.68. The van der Waals surface area contributed by atoms with Gasteiger partial charge >= 0.3 is 6.18 Å². The molecule has 1 aromatic carbocycles. The van der Waals surface area contributed by atoms with E-state index in [1.54, 1.807) is 17.0 Å². The molecule has 1 N–H and O–H groups in total. The molecule has 0 spiro atoms. The Kier molecular flexibility index (Phi) is 5.47. The Morgan fingerprint density at radius 2 is 1.97 bits per heavy atom. The minimum absolute atomic E-state index is 0.0700. The number of carbonyl (C=O) groups excluding carboxylic acids is 1. The average Bonchev–Trinajstić information content (AvgIpc) is 3.18. The van der Waals surface area contributed by atoms with Crippen LogP contribution in [0.2, 0.25) is 0 Å². The number of aromatic nitrogens is 2. The number of piperidine rings is 1. The van der Waals surface area contributed by atoms with Crippen LogP contribution in [0.3, 0.4) is 0 Å². The quantitative estimate of drug-likeness (QED) is 0.670. The second kappa shape index (κ2) is 8.09. The maximum atomic E-state index is 13.0. The zero-order chi connectivity index (χ0) is 22.2. The highest BCUT2D eigenvalue weighted by Gasteiger charge is 2.34. The van der Waals surface area contributed by atoms with Crippen molar-refractivity contribution in [2.45, 2.75) is 32.0 Å². The molecule has 0 bridgehead atoms. The van der Waals surface area contributed by atoms with Gasteiger partial charge in [-0.25, -0.2) is 9.97 Å². The second-order valence-electron chi connectivity index (χ2n) is 7.38. The summed E-state index contributed by atoms with van der Waals surface area (Å²) in [5, 5.41) is 3.70. The number of ether oxygens (including phenoxy) is 1. The molecule has 1 amide bonds. The van der Waals surface area contributed by atoms with Crippen LogP contribution >= 0.6 is 0 Å². The molecule has 164 valence electrons. The van der Waals surface area contributed by atoms with Crippen LogP contribution in [-0.4, -0.2) is 42.1 Å². The molecule has 1 saturated heterocycles. The minimum atomic E-state index is -4.52. The third-order valence-electron chi connectivity index (χ3n) is 5.22. The molecule has 1 fully saturated rings. The van der Waals surface area contributed by atoms with Crippen molar-refractivity contribution in [1.29, 1.82) is 0 Å². The SMILES string of the molecule is COc1cccc2cc(C(=O)NC3CCN(c4cc(C(F)(F)F)nc(C)n4)CC3)oc12. The third kappa shape index (κ3) is 4.42. The molecule has 3 heterocycles. The van der Waals surface area contributed by atoms with Crippen LogP contribution in [0.25, 0.3) is 11.0 Å². The normalized spacial score (nSPS) is 15.3. The van der Waals surface area contributed by atoms with Crippen molar-refractivity contribution in [3.05, 3.63) is 47.6 Å². The molecule has 0 aliphatic carbocycles. The van der Waals surface area contributed by atoms with Crippen LogP contribution in [0.4, 0.5) is 19.0 Å². The minimum Gasteiger partial charge on any atom is -0.493 e. The van der Waals surface area contributed by atoms with Crippen molar-refractivity contribution in [2.75, 3.05) is 25.1 Å². The first-order valence-electron chi connectivity index (χ1n) is 9.80. The lowest BCUT2D eigenvalue weighted by molar-refractivity contribution is -0.141. The summed E-state index contributed by atoms with van der Waals surface area (Å²) in [7, 11) is 1.53. The first-order chi connectivity index (χ1) is 14.7. The zero-order valence-electron chi connectivity index (χ0n) is 17.0. The van der Waals surface area contributed by atoms with E-state index in [2.05, 4.69) is 15.3 Å². The van der Waals surface area contributed by atoms with Crippen molar-refractivity contribution in [1.82, 2.24) is 15.3 Å². The lowest BCUT2D eigenvalue weighted by atomic mass is 10.0. The number of rotatable bonds is 4. The van der Waals surface area contributed by atoms with E-state index in [0.717, 1.165) is 11.5 Å². The van der Waals surface area contributed by atoms with Gasteiger partial charge in [0.15, 0.2) is 17.1 Å². The van der Waals surface area contributed by atoms with Crippen molar-refractivity contribution in [3.8, 4) is 5.75 Å². The number of alkyl halides is 3. The van der Waals surface area contributed by atoms with E-state index < -0.39 is 11.9 Å². The molecule has 0 saturated carbocycles. The Morgan fingerprint density at radius 1 is 1.23 bits per heavy atom. The highest BCUT2D eigenvalue weighted by Crippen LogP contribution is 2.31. The number of nitrogens with zero attached hydrogens (tertiary/aromatic N) is 3. The standard InChI is InChI=1S/C21H21F3N4O3/c1-12-25-17(21(22,23)24)11-18(26-12)28-8-6-14(7-9-28)27-20(29)16-10-13-4-3-5-15(30-2)19(13)31-16/h3-5,10-11,14H,6-9H2,1-2H3,(H,27,29). The number of hydrogen-bond donors (Lipinski definition) is 1. The highest BCUT2D eigenvalue weighted by atomic mass is 19.4. The Morgan fingerprint density at radius 3 is 2.65 bits per heavy atom. The number of para-hydroxylation sites is 1. The molecular weight excluding hydrogens is 413 g/mol. The second-order valence-corrected chi connectivity index (χ2v) is 7.38. The van der Waals surface area contributed by atoms with Crippen LogP contribution in [0.5, 0.6) is 5.75 Å². The molecular formula is C21H21F3N4O3. The smallest absolute Gasteiger partial charge is 0.433 e. The molecule has 2 aromatic heterocycles. The largest absolute Gasteiger partial charge is 0.493 e. The van der Waals surface area contributed by atoms with Gasteiger partial charge in [-0.15, -0.1) is 0 Å². The number of furan rings is 1. The molecule has 0 radical (unpaired) electrons. The van der Waals surface area contributed by atoms with E-state index >= 15 is 0 Å². The zero-order valence-corrected chi connectivity index (χ0v) is 17.0. The van der Waals surface area contributed by atoms with E-state index in [0.29, 0.717) is 37.3 Å². The van der Waals surface area contributed by atoms with Gasteiger partial charge in [-0.1, -0.05) is 12.1 Å². The van der Waals surface area contributed by atoms with Crippen LogP contribution in [0.1, 0.15) is 34.9 Å². The number of halogens is 3. The maximum absolute atomic E-state index is 13.0. The first-order valence-corrected chi connectivity index (χ1v) is 9.80. The van der Waals surface area contributed by atoms with Crippen molar-refractivity contribution < 1.29 is 27.1 Å². The Labute approximate surface area is 176 Å². The van der Waals surface area contributed by atoms with E-state index in [1.165, 1.54) is 14.0 Å². The maximum Gasteiger partial charge on any atom is 0.433 e. The van der Waals surface area contributed by atoms with Gasteiger partial charge in [-0.3, -0.25) is 4.79 Å². The molecule has 31 heavy (non-hydrogen) atoms. The van der Waals surface area contributed by atoms with Gasteiger partial charge < -0.3 is 19.4 Å². The van der Waals surface area contributed by atoms with Gasteiger partial charge in [0.05, 0.1) is 7.11 Å². The molecule has 3 aromatic rings. The highest BCUT2D eigenvalue weighted by molar-refractivity contribution is 5.97. The fraction of sp³-hybridized carbons (Fsp3) is 0.381. The number of nitrogens with one attached hydrogen (secondary N) is 1. The Hall–Kier alpha value is -3.30. The summed E-state index contributed by atoms with van der Waals surface area (Å²) in [6.07, 6.45) is -3.39. The number of hydrogen-bond acceptors (Lipinski definition) is 6. The van der Waals surface area contributed by atoms with Crippen molar-refractivity contribution in [3.63, 3.8) is 0 Å². The topological polar surface area (TPSA) is 80.5 Å². The molecule has 1 aliphatic rings. The van der Waals surface area contributed by atoms with Gasteiger partial charge in [0.2, 0.25) is 0 Å². The lowest BCUT2D eigenvalue weighted by Crippen LogP contribution is -2.45. The summed E-state index contributed by atoms with van der Waals surface area (Å²) in [6.45, 7) is 2.37. The van der Waals surface area contributed by atoms with Crippen LogP contribution < -0.4 is 15.0 Å². The van der Waals surface area contributed by atoms with Gasteiger partial charge in [-0.05, 0) is 31.9 Å². The lowest BCUT2D eigenvalue weighted by Gasteiger charge is -2.33. The monoisotopic (exact) mass is 434 g/mol. The number of benzene rings is 1. The summed E-state index contributed by atoms with van der Waals surface area (Å²) in [6, 6.07) is 7.90. The number of carbonyl (C=O) groups is 1. The molecule has 0 unspecified atom stereocenters. The number of methoxy groups -OCH3 is 1. The fourth-order valence-corrected chi connectivity index (χ4v) is 3.68. The average molecular weight is 434 g/mol. The van der Waals surface area contributed by atoms with Gasteiger partial charge in [-0.2, -0.15) is 13.2 Å². The number of amides is 1.